The van der Waals surface area contributed by atoms with E-state index < -0.39 is 0 Å². The summed E-state index contributed by atoms with van der Waals surface area (Å²) in [5.41, 5.74) is 1.93. The minimum absolute atomic E-state index is 0.0560. The van der Waals surface area contributed by atoms with E-state index in [0.717, 1.165) is 0 Å². The monoisotopic (exact) mass is 370 g/mol. The molecule has 0 heterocycles. The van der Waals surface area contributed by atoms with E-state index in [0.29, 0.717) is 17.2 Å². The summed E-state index contributed by atoms with van der Waals surface area (Å²) in [6.07, 6.45) is 0. The number of anilines is 1. The summed E-state index contributed by atoms with van der Waals surface area (Å²) in [6, 6.07) is 14.6. The van der Waals surface area contributed by atoms with E-state index in [1.165, 1.54) is 5.56 Å². The van der Waals surface area contributed by atoms with Crippen molar-refractivity contribution < 1.29 is 19.1 Å². The standard InChI is InChI=1S/C21H26N2O4/c1-21(2,3)15-5-7-16(8-6-15)23-19(24)13-22-20(25)14-27-18-11-9-17(26-4)10-12-18/h5-12H,13-14H2,1-4H3,(H,22,25)(H,23,24). The van der Waals surface area contributed by atoms with Crippen molar-refractivity contribution >= 4 is 17.5 Å². The van der Waals surface area contributed by atoms with Crippen LogP contribution in [0.4, 0.5) is 5.69 Å². The molecule has 0 aliphatic rings. The summed E-state index contributed by atoms with van der Waals surface area (Å²) in [6.45, 7) is 6.10. The molecular formula is C21H26N2O4. The molecule has 0 aliphatic heterocycles. The highest BCUT2D eigenvalue weighted by Crippen LogP contribution is 2.23. The van der Waals surface area contributed by atoms with Gasteiger partial charge in [0, 0.05) is 5.69 Å². The van der Waals surface area contributed by atoms with Gasteiger partial charge in [-0.05, 0) is 47.4 Å². The maximum atomic E-state index is 12.0. The second-order valence-electron chi connectivity index (χ2n) is 7.12. The first kappa shape index (κ1) is 20.3. The van der Waals surface area contributed by atoms with Crippen molar-refractivity contribution in [3.63, 3.8) is 0 Å². The zero-order valence-electron chi connectivity index (χ0n) is 16.2. The number of benzene rings is 2. The predicted molar refractivity (Wildman–Crippen MR) is 105 cm³/mol. The molecule has 2 aromatic rings. The Hall–Kier alpha value is -3.02. The molecule has 0 radical (unpaired) electrons. The molecule has 6 heteroatoms. The van der Waals surface area contributed by atoms with Gasteiger partial charge in [0.25, 0.3) is 5.91 Å². The lowest BCUT2D eigenvalue weighted by Crippen LogP contribution is -2.35. The smallest absolute Gasteiger partial charge is 0.258 e. The molecule has 0 atom stereocenters. The lowest BCUT2D eigenvalue weighted by Gasteiger charge is -2.19. The topological polar surface area (TPSA) is 76.7 Å². The number of hydrogen-bond acceptors (Lipinski definition) is 4. The highest BCUT2D eigenvalue weighted by Gasteiger charge is 2.13. The van der Waals surface area contributed by atoms with Gasteiger partial charge in [0.05, 0.1) is 13.7 Å². The van der Waals surface area contributed by atoms with E-state index in [-0.39, 0.29) is 30.4 Å². The van der Waals surface area contributed by atoms with Crippen LogP contribution in [0.3, 0.4) is 0 Å². The summed E-state index contributed by atoms with van der Waals surface area (Å²) in [5.74, 6) is 0.591. The maximum absolute atomic E-state index is 12.0. The lowest BCUT2D eigenvalue weighted by atomic mass is 9.87. The van der Waals surface area contributed by atoms with Gasteiger partial charge < -0.3 is 20.1 Å². The van der Waals surface area contributed by atoms with Crippen LogP contribution in [0.25, 0.3) is 0 Å². The Labute approximate surface area is 159 Å². The highest BCUT2D eigenvalue weighted by molar-refractivity contribution is 5.94. The molecule has 27 heavy (non-hydrogen) atoms. The number of carbonyl (C=O) groups is 2. The van der Waals surface area contributed by atoms with E-state index in [1.807, 2.05) is 24.3 Å². The van der Waals surface area contributed by atoms with Crippen LogP contribution in [-0.4, -0.2) is 32.1 Å². The van der Waals surface area contributed by atoms with Gasteiger partial charge in [0.2, 0.25) is 5.91 Å². The van der Waals surface area contributed by atoms with Crippen molar-refractivity contribution in [3.05, 3.63) is 54.1 Å². The van der Waals surface area contributed by atoms with Crippen LogP contribution >= 0.6 is 0 Å². The third kappa shape index (κ3) is 6.66. The molecule has 6 nitrogen and oxygen atoms in total. The number of rotatable bonds is 7. The fourth-order valence-electron chi connectivity index (χ4n) is 2.31. The molecule has 0 aromatic heterocycles. The lowest BCUT2D eigenvalue weighted by molar-refractivity contribution is -0.125. The Morgan fingerprint density at radius 3 is 2.04 bits per heavy atom. The third-order valence-electron chi connectivity index (χ3n) is 3.91. The number of carbonyl (C=O) groups excluding carboxylic acids is 2. The average Bonchev–Trinajstić information content (AvgIpc) is 2.65. The molecular weight excluding hydrogens is 344 g/mol. The van der Waals surface area contributed by atoms with E-state index in [4.69, 9.17) is 9.47 Å². The Bertz CT molecular complexity index is 762. The van der Waals surface area contributed by atoms with Gasteiger partial charge in [0.15, 0.2) is 6.61 Å². The van der Waals surface area contributed by atoms with Crippen molar-refractivity contribution in [2.75, 3.05) is 25.6 Å². The molecule has 0 spiro atoms. The molecule has 2 rings (SSSR count). The van der Waals surface area contributed by atoms with E-state index in [2.05, 4.69) is 31.4 Å². The quantitative estimate of drug-likeness (QED) is 0.785. The Morgan fingerprint density at radius 1 is 0.889 bits per heavy atom. The first-order valence-electron chi connectivity index (χ1n) is 8.72. The minimum atomic E-state index is -0.371. The van der Waals surface area contributed by atoms with E-state index in [9.17, 15) is 9.59 Å². The maximum Gasteiger partial charge on any atom is 0.258 e. The molecule has 2 N–H and O–H groups in total. The Kier molecular flexibility index (Phi) is 6.82. The predicted octanol–water partition coefficient (Wildman–Crippen LogP) is 3.13. The van der Waals surface area contributed by atoms with Gasteiger partial charge in [-0.25, -0.2) is 0 Å². The number of hydrogen-bond donors (Lipinski definition) is 2. The summed E-state index contributed by atoms with van der Waals surface area (Å²) in [5, 5.41) is 5.28. The van der Waals surface area contributed by atoms with Crippen LogP contribution in [0.5, 0.6) is 11.5 Å². The summed E-state index contributed by atoms with van der Waals surface area (Å²) >= 11 is 0. The van der Waals surface area contributed by atoms with Gasteiger partial charge in [-0.15, -0.1) is 0 Å². The number of amides is 2. The van der Waals surface area contributed by atoms with Gasteiger partial charge in [0.1, 0.15) is 11.5 Å². The molecule has 2 amide bonds. The molecule has 0 saturated heterocycles. The van der Waals surface area contributed by atoms with Crippen LogP contribution in [0.1, 0.15) is 26.3 Å². The summed E-state index contributed by atoms with van der Waals surface area (Å²) in [7, 11) is 1.58. The molecule has 0 unspecified atom stereocenters. The van der Waals surface area contributed by atoms with Gasteiger partial charge in [-0.2, -0.15) is 0 Å². The van der Waals surface area contributed by atoms with Gasteiger partial charge >= 0.3 is 0 Å². The average molecular weight is 370 g/mol. The van der Waals surface area contributed by atoms with Crippen molar-refractivity contribution in [1.82, 2.24) is 5.32 Å². The fourth-order valence-corrected chi connectivity index (χ4v) is 2.31. The molecule has 0 aliphatic carbocycles. The fraction of sp³-hybridized carbons (Fsp3) is 0.333. The second kappa shape index (κ2) is 9.07. The zero-order valence-corrected chi connectivity index (χ0v) is 16.2. The first-order chi connectivity index (χ1) is 12.8. The van der Waals surface area contributed by atoms with Crippen molar-refractivity contribution in [1.29, 1.82) is 0 Å². The highest BCUT2D eigenvalue weighted by atomic mass is 16.5. The SMILES string of the molecule is COc1ccc(OCC(=O)NCC(=O)Nc2ccc(C(C)(C)C)cc2)cc1. The largest absolute Gasteiger partial charge is 0.497 e. The Morgan fingerprint density at radius 2 is 1.48 bits per heavy atom. The normalized spacial score (nSPS) is 10.8. The van der Waals surface area contributed by atoms with Crippen LogP contribution in [-0.2, 0) is 15.0 Å². The minimum Gasteiger partial charge on any atom is -0.497 e. The molecule has 144 valence electrons. The van der Waals surface area contributed by atoms with Crippen molar-refractivity contribution in [2.24, 2.45) is 0 Å². The van der Waals surface area contributed by atoms with E-state index >= 15 is 0 Å². The zero-order chi connectivity index (χ0) is 19.9. The van der Waals surface area contributed by atoms with Gasteiger partial charge in [-0.1, -0.05) is 32.9 Å². The van der Waals surface area contributed by atoms with Crippen molar-refractivity contribution in [3.8, 4) is 11.5 Å². The molecule has 0 bridgehead atoms. The number of nitrogens with one attached hydrogen (secondary N) is 2. The van der Waals surface area contributed by atoms with Crippen molar-refractivity contribution in [2.45, 2.75) is 26.2 Å². The van der Waals surface area contributed by atoms with Gasteiger partial charge in [-0.3, -0.25) is 9.59 Å². The molecule has 2 aromatic carbocycles. The van der Waals surface area contributed by atoms with Crippen LogP contribution in [0.2, 0.25) is 0 Å². The Balaban J connectivity index is 1.73. The van der Waals surface area contributed by atoms with Crippen LogP contribution in [0, 0.1) is 0 Å². The third-order valence-corrected chi connectivity index (χ3v) is 3.91. The number of methoxy groups -OCH3 is 1. The van der Waals surface area contributed by atoms with E-state index in [1.54, 1.807) is 31.4 Å². The van der Waals surface area contributed by atoms with Crippen LogP contribution < -0.4 is 20.1 Å². The molecule has 0 fully saturated rings. The summed E-state index contributed by atoms with van der Waals surface area (Å²) in [4.78, 5) is 23.8. The first-order valence-corrected chi connectivity index (χ1v) is 8.72. The molecule has 0 saturated carbocycles. The summed E-state index contributed by atoms with van der Waals surface area (Å²) < 4.78 is 10.4. The second-order valence-corrected chi connectivity index (χ2v) is 7.12. The number of ether oxygens (including phenoxy) is 2. The van der Waals surface area contributed by atoms with Crippen LogP contribution in [0.15, 0.2) is 48.5 Å².